The summed E-state index contributed by atoms with van der Waals surface area (Å²) in [4.78, 5) is 119. The Morgan fingerprint density at radius 3 is 0.824 bits per heavy atom. The zero-order valence-electron chi connectivity index (χ0n) is 66.1. The summed E-state index contributed by atoms with van der Waals surface area (Å²) < 4.78 is 17.3. The lowest BCUT2D eigenvalue weighted by Crippen LogP contribution is -2.29. The Bertz CT molecular complexity index is 5020. The fraction of sp³-hybridized carbons (Fsp3) is 0.476. The van der Waals surface area contributed by atoms with Crippen LogP contribution in [0, 0.1) is 27.7 Å². The summed E-state index contributed by atoms with van der Waals surface area (Å²) in [5.41, 5.74) is 14.0. The van der Waals surface area contributed by atoms with E-state index in [9.17, 15) is 38.4 Å². The molecule has 108 heavy (non-hydrogen) atoms. The Balaban J connectivity index is 0.000000166. The maximum absolute atomic E-state index is 13.1. The van der Waals surface area contributed by atoms with E-state index in [0.29, 0.717) is 157 Å². The van der Waals surface area contributed by atoms with Gasteiger partial charge in [0.1, 0.15) is 57.5 Å². The Kier molecular flexibility index (Phi) is 27.6. The molecule has 24 heteroatoms. The molecule has 576 valence electrons. The molecule has 4 aliphatic carbocycles. The normalized spacial score (nSPS) is 13.5. The topological polar surface area (TPSA) is 274 Å². The van der Waals surface area contributed by atoms with E-state index in [1.54, 1.807) is 75.8 Å². The van der Waals surface area contributed by atoms with Gasteiger partial charge in [0.05, 0.1) is 58.2 Å². The zero-order chi connectivity index (χ0) is 78.9. The van der Waals surface area contributed by atoms with Gasteiger partial charge in [0.15, 0.2) is 23.1 Å². The van der Waals surface area contributed by atoms with Crippen LogP contribution in [-0.2, 0) is 53.9 Å². The lowest BCUT2D eigenvalue weighted by atomic mass is 9.88. The largest absolute Gasteiger partial charge is 0.496 e. The average molecular weight is 1510 g/mol. The Morgan fingerprint density at radius 2 is 0.565 bits per heavy atom. The van der Waals surface area contributed by atoms with Crippen LogP contribution < -0.4 is 53.0 Å². The summed E-state index contributed by atoms with van der Waals surface area (Å²) in [6.07, 6.45) is 14.5. The van der Waals surface area contributed by atoms with Crippen molar-refractivity contribution < 1.29 is 28.7 Å². The first kappa shape index (κ1) is 82.5. The fourth-order valence-corrected chi connectivity index (χ4v) is 15.0. The molecule has 0 spiro atoms. The molecule has 0 aliphatic heterocycles. The molecule has 12 rings (SSSR count). The van der Waals surface area contributed by atoms with Gasteiger partial charge < -0.3 is 30.7 Å². The van der Waals surface area contributed by atoms with Gasteiger partial charge in [-0.15, -0.1) is 0 Å². The van der Waals surface area contributed by atoms with E-state index < -0.39 is 0 Å². The number of nitrogens with one attached hydrogen (secondary N) is 4. The Labute approximate surface area is 643 Å². The summed E-state index contributed by atoms with van der Waals surface area (Å²) in [6, 6.07) is 15.7. The second kappa shape index (κ2) is 36.1. The van der Waals surface area contributed by atoms with Crippen LogP contribution in [0.3, 0.4) is 0 Å². The molecular weight excluding hydrogens is 1410 g/mol. The molecule has 4 aromatic carbocycles. The quantitative estimate of drug-likeness (QED) is 0.0491. The third-order valence-corrected chi connectivity index (χ3v) is 22.2. The third kappa shape index (κ3) is 17.4. The van der Waals surface area contributed by atoms with Gasteiger partial charge in [-0.25, -0.2) is 19.9 Å². The van der Waals surface area contributed by atoms with Crippen molar-refractivity contribution in [2.24, 2.45) is 28.2 Å². The van der Waals surface area contributed by atoms with Crippen molar-refractivity contribution in [1.82, 2.24) is 38.2 Å². The van der Waals surface area contributed by atoms with Crippen molar-refractivity contribution >= 4 is 69.1 Å². The van der Waals surface area contributed by atoms with Crippen molar-refractivity contribution in [2.75, 3.05) is 35.5 Å². The Morgan fingerprint density at radius 1 is 0.333 bits per heavy atom. The highest BCUT2D eigenvalue weighted by molar-refractivity contribution is 6.34. The molecule has 0 unspecified atom stereocenters. The number of rotatable bonds is 22. The number of fused-ring (bicyclic) bond motifs is 4. The van der Waals surface area contributed by atoms with E-state index in [2.05, 4.69) is 86.6 Å². The van der Waals surface area contributed by atoms with Crippen molar-refractivity contribution in [3.8, 4) is 57.1 Å². The molecule has 0 amide bonds. The number of aromatic nitrogens is 8. The zero-order valence-corrected chi connectivity index (χ0v) is 67.6. The number of carbonyl (C=O) groups is 4. The summed E-state index contributed by atoms with van der Waals surface area (Å²) in [5, 5.41) is 14.2. The van der Waals surface area contributed by atoms with Gasteiger partial charge in [-0.2, -0.15) is 0 Å². The third-order valence-electron chi connectivity index (χ3n) is 21.6. The summed E-state index contributed by atoms with van der Waals surface area (Å²) in [7, 11) is 10.0. The highest BCUT2D eigenvalue weighted by atomic mass is 35.5. The van der Waals surface area contributed by atoms with Crippen LogP contribution in [0.15, 0.2) is 67.7 Å². The number of Topliss-reactive ketones (excluding diaryl/α,β-unsaturated/α-hetero) is 4. The minimum atomic E-state index is -0.118. The molecule has 0 fully saturated rings. The predicted molar refractivity (Wildman–Crippen MR) is 434 cm³/mol. The average Bonchev–Trinajstić information content (AvgIpc) is 1.21. The maximum atomic E-state index is 13.1. The van der Waals surface area contributed by atoms with E-state index >= 15 is 0 Å². The van der Waals surface area contributed by atoms with Gasteiger partial charge >= 0.3 is 0 Å². The fourth-order valence-electron chi connectivity index (χ4n) is 14.5. The van der Waals surface area contributed by atoms with E-state index in [1.165, 1.54) is 9.13 Å². The van der Waals surface area contributed by atoms with Crippen LogP contribution in [-0.4, -0.2) is 99.7 Å². The Hall–Kier alpha value is -9.54. The minimum absolute atomic E-state index is 0.106. The molecule has 4 heterocycles. The number of halogens is 2. The van der Waals surface area contributed by atoms with Gasteiger partial charge in [0.2, 0.25) is 0 Å². The molecule has 0 saturated heterocycles. The van der Waals surface area contributed by atoms with Gasteiger partial charge in [-0.3, -0.25) is 56.6 Å². The predicted octanol–water partition coefficient (Wildman–Crippen LogP) is 16.0. The smallest absolute Gasteiger partial charge is 0.277 e. The molecule has 22 nitrogen and oxygen atoms in total. The minimum Gasteiger partial charge on any atom is -0.496 e. The number of ketones is 4. The van der Waals surface area contributed by atoms with Gasteiger partial charge in [0, 0.05) is 111 Å². The standard InChI is InChI=1S/C22H29N3O3.C21H26ClN3O2.C21H27N3O3.C20H24ClN3O2/c1-6-15(7-2)24-20-13(3)23-21(25(4)22(20)27)17-11-14-9-8-10-18(26)16(14)12-19(17)28-5;1-5-14(6-2)24-19-12(3)23-20(25(4)21(19)27)16-10-13-8-7-9-18(26)15(13)11-17(16)22;1-6-14(7-2)23-19-12(3)22-20(24(4)21(19)26)16-10-13-8-9-17(25)15(13)11-18(16)27-5;1-5-13(6-2)23-18-11(3)22-19(24(4)20(18)26)15-9-12-7-8-17(25)14(12)10-16(15)21/h11-12,15,24H,6-10H2,1-5H3;10-11,14,24H,5-9H2,1-4H3;10-11,14,23H,6-9H2,1-5H3;9-10,13,23H,5-8H2,1-4H3. The highest BCUT2D eigenvalue weighted by Crippen LogP contribution is 2.40. The lowest BCUT2D eigenvalue weighted by Gasteiger charge is -2.21. The van der Waals surface area contributed by atoms with Gasteiger partial charge in [-0.05, 0) is 188 Å². The number of benzene rings is 4. The number of hydrogen-bond donors (Lipinski definition) is 4. The molecule has 0 bridgehead atoms. The molecule has 4 N–H and O–H groups in total. The van der Waals surface area contributed by atoms with Crippen LogP contribution in [0.1, 0.15) is 232 Å². The van der Waals surface area contributed by atoms with Crippen LogP contribution >= 0.6 is 23.2 Å². The number of ether oxygens (including phenoxy) is 2. The van der Waals surface area contributed by atoms with E-state index in [4.69, 9.17) is 42.6 Å². The lowest BCUT2D eigenvalue weighted by molar-refractivity contribution is 0.0964. The first-order valence-electron chi connectivity index (χ1n) is 38.1. The van der Waals surface area contributed by atoms with Crippen LogP contribution in [0.5, 0.6) is 11.5 Å². The van der Waals surface area contributed by atoms with E-state index in [-0.39, 0.29) is 69.5 Å². The van der Waals surface area contributed by atoms with Gasteiger partial charge in [0.25, 0.3) is 22.2 Å². The van der Waals surface area contributed by atoms with Crippen LogP contribution in [0.4, 0.5) is 22.7 Å². The van der Waals surface area contributed by atoms with Crippen molar-refractivity contribution in [3.63, 3.8) is 0 Å². The second-order valence-corrected chi connectivity index (χ2v) is 29.3. The summed E-state index contributed by atoms with van der Waals surface area (Å²) in [5.74, 6) is 3.81. The molecule has 0 atom stereocenters. The SMILES string of the molecule is CCC(CC)Nc1c(C)nc(-c2cc3c(cc2Cl)C(=O)CC3)n(C)c1=O.CCC(CC)Nc1c(C)nc(-c2cc3c(cc2Cl)C(=O)CCC3)n(C)c1=O.CCC(CC)Nc1c(C)nc(-c2cc3c(cc2OC)C(=O)CC3)n(C)c1=O.CCC(CC)Nc1c(C)nc(-c2cc3c(cc2OC)C(=O)CCC3)n(C)c1=O. The van der Waals surface area contributed by atoms with Crippen LogP contribution in [0.25, 0.3) is 45.6 Å². The van der Waals surface area contributed by atoms with Crippen molar-refractivity contribution in [1.29, 1.82) is 0 Å². The summed E-state index contributed by atoms with van der Waals surface area (Å²) >= 11 is 12.9. The van der Waals surface area contributed by atoms with Crippen molar-refractivity contribution in [3.05, 3.63) is 167 Å². The second-order valence-electron chi connectivity index (χ2n) is 28.5. The van der Waals surface area contributed by atoms with E-state index in [1.807, 2.05) is 52.0 Å². The maximum Gasteiger partial charge on any atom is 0.277 e. The number of anilines is 4. The molecule has 4 aromatic heterocycles. The van der Waals surface area contributed by atoms with E-state index in [0.717, 1.165) is 116 Å². The number of hydrogen-bond acceptors (Lipinski definition) is 18. The molecule has 4 aliphatic rings. The van der Waals surface area contributed by atoms with Crippen LogP contribution in [0.2, 0.25) is 10.0 Å². The monoisotopic (exact) mass is 1510 g/mol. The number of carbonyl (C=O) groups excluding carboxylic acids is 4. The summed E-state index contributed by atoms with van der Waals surface area (Å²) in [6.45, 7) is 24.1. The first-order chi connectivity index (χ1) is 51.5. The highest BCUT2D eigenvalue weighted by Gasteiger charge is 2.30. The molecule has 8 aromatic rings. The molecular formula is C84H106Cl2N12O10. The number of methoxy groups -OCH3 is 2. The first-order valence-corrected chi connectivity index (χ1v) is 38.9. The number of nitrogens with zero attached hydrogens (tertiary/aromatic N) is 8. The molecule has 0 saturated carbocycles. The van der Waals surface area contributed by atoms with Gasteiger partial charge in [-0.1, -0.05) is 78.6 Å². The number of aryl methyl sites for hydroxylation is 8. The van der Waals surface area contributed by atoms with Crippen molar-refractivity contribution in [2.45, 2.75) is 223 Å². The molecule has 0 radical (unpaired) electrons.